The Bertz CT molecular complexity index is 691. The number of methoxy groups -OCH3 is 3. The average molecular weight is 361 g/mol. The molecule has 134 valence electrons. The topological polar surface area (TPSA) is 56.8 Å². The maximum absolute atomic E-state index is 12.2. The van der Waals surface area contributed by atoms with Crippen LogP contribution in [0, 0.1) is 0 Å². The van der Waals surface area contributed by atoms with E-state index >= 15 is 0 Å². The SMILES string of the molecule is COc1cc(CC(=O)NCc2ccc(SC)cc2)cc(OC)c1OC. The number of amides is 1. The molecule has 0 aromatic heterocycles. The minimum Gasteiger partial charge on any atom is -0.493 e. The van der Waals surface area contributed by atoms with Crippen molar-refractivity contribution >= 4 is 17.7 Å². The van der Waals surface area contributed by atoms with Crippen molar-refractivity contribution in [1.82, 2.24) is 5.32 Å². The number of thioether (sulfide) groups is 1. The van der Waals surface area contributed by atoms with Crippen LogP contribution in [-0.2, 0) is 17.8 Å². The first-order chi connectivity index (χ1) is 12.1. The van der Waals surface area contributed by atoms with Crippen molar-refractivity contribution < 1.29 is 19.0 Å². The van der Waals surface area contributed by atoms with Crippen molar-refractivity contribution in [2.45, 2.75) is 17.9 Å². The van der Waals surface area contributed by atoms with Crippen LogP contribution in [0.5, 0.6) is 17.2 Å². The van der Waals surface area contributed by atoms with E-state index in [2.05, 4.69) is 5.32 Å². The van der Waals surface area contributed by atoms with E-state index in [1.165, 1.54) is 4.90 Å². The lowest BCUT2D eigenvalue weighted by atomic mass is 10.1. The van der Waals surface area contributed by atoms with Crippen molar-refractivity contribution in [2.75, 3.05) is 27.6 Å². The van der Waals surface area contributed by atoms with Gasteiger partial charge in [-0.15, -0.1) is 11.8 Å². The predicted molar refractivity (Wildman–Crippen MR) is 99.9 cm³/mol. The highest BCUT2D eigenvalue weighted by atomic mass is 32.2. The molecule has 1 amide bonds. The Hall–Kier alpha value is -2.34. The van der Waals surface area contributed by atoms with E-state index in [1.807, 2.05) is 30.5 Å². The van der Waals surface area contributed by atoms with Gasteiger partial charge >= 0.3 is 0 Å². The number of carbonyl (C=O) groups excluding carboxylic acids is 1. The molecule has 0 atom stereocenters. The highest BCUT2D eigenvalue weighted by Crippen LogP contribution is 2.38. The third-order valence-electron chi connectivity index (χ3n) is 3.74. The van der Waals surface area contributed by atoms with Crippen molar-refractivity contribution in [3.8, 4) is 17.2 Å². The standard InChI is InChI=1S/C19H23NO4S/c1-22-16-9-14(10-17(23-2)19(16)24-3)11-18(21)20-12-13-5-7-15(25-4)8-6-13/h5-10H,11-12H2,1-4H3,(H,20,21). The second-order valence-electron chi connectivity index (χ2n) is 5.34. The molecule has 0 saturated carbocycles. The number of hydrogen-bond donors (Lipinski definition) is 1. The summed E-state index contributed by atoms with van der Waals surface area (Å²) in [7, 11) is 4.66. The van der Waals surface area contributed by atoms with Gasteiger partial charge in [-0.25, -0.2) is 0 Å². The summed E-state index contributed by atoms with van der Waals surface area (Å²) in [5, 5.41) is 2.93. The van der Waals surface area contributed by atoms with Crippen LogP contribution < -0.4 is 19.5 Å². The molecule has 0 spiro atoms. The minimum atomic E-state index is -0.0665. The van der Waals surface area contributed by atoms with Gasteiger partial charge in [-0.2, -0.15) is 0 Å². The van der Waals surface area contributed by atoms with Gasteiger partial charge in [-0.3, -0.25) is 4.79 Å². The van der Waals surface area contributed by atoms with Crippen LogP contribution in [0.15, 0.2) is 41.3 Å². The highest BCUT2D eigenvalue weighted by molar-refractivity contribution is 7.98. The van der Waals surface area contributed by atoms with E-state index in [-0.39, 0.29) is 12.3 Å². The fourth-order valence-corrected chi connectivity index (χ4v) is 2.84. The summed E-state index contributed by atoms with van der Waals surface area (Å²) >= 11 is 1.69. The van der Waals surface area contributed by atoms with Crippen LogP contribution in [0.3, 0.4) is 0 Å². The number of carbonyl (C=O) groups is 1. The largest absolute Gasteiger partial charge is 0.493 e. The first-order valence-electron chi connectivity index (χ1n) is 7.79. The summed E-state index contributed by atoms with van der Waals surface area (Å²) in [5.74, 6) is 1.53. The second-order valence-corrected chi connectivity index (χ2v) is 6.21. The molecule has 25 heavy (non-hydrogen) atoms. The Kier molecular flexibility index (Phi) is 7.01. The van der Waals surface area contributed by atoms with E-state index in [1.54, 1.807) is 45.2 Å². The molecule has 2 aromatic rings. The number of rotatable bonds is 8. The minimum absolute atomic E-state index is 0.0665. The zero-order chi connectivity index (χ0) is 18.2. The number of ether oxygens (including phenoxy) is 3. The van der Waals surface area contributed by atoms with Crippen molar-refractivity contribution in [1.29, 1.82) is 0 Å². The summed E-state index contributed by atoms with van der Waals surface area (Å²) in [4.78, 5) is 13.4. The van der Waals surface area contributed by atoms with E-state index in [0.717, 1.165) is 11.1 Å². The summed E-state index contributed by atoms with van der Waals surface area (Å²) in [5.41, 5.74) is 1.86. The highest BCUT2D eigenvalue weighted by Gasteiger charge is 2.14. The zero-order valence-electron chi connectivity index (χ0n) is 14.9. The van der Waals surface area contributed by atoms with Crippen LogP contribution in [0.1, 0.15) is 11.1 Å². The van der Waals surface area contributed by atoms with Crippen LogP contribution in [0.4, 0.5) is 0 Å². The maximum atomic E-state index is 12.2. The van der Waals surface area contributed by atoms with Gasteiger partial charge in [-0.05, 0) is 41.6 Å². The van der Waals surface area contributed by atoms with Crippen LogP contribution >= 0.6 is 11.8 Å². The molecule has 0 unspecified atom stereocenters. The molecule has 2 aromatic carbocycles. The van der Waals surface area contributed by atoms with Crippen molar-refractivity contribution in [3.63, 3.8) is 0 Å². The first-order valence-corrected chi connectivity index (χ1v) is 9.02. The number of hydrogen-bond acceptors (Lipinski definition) is 5. The third-order valence-corrected chi connectivity index (χ3v) is 4.48. The van der Waals surface area contributed by atoms with E-state index in [4.69, 9.17) is 14.2 Å². The van der Waals surface area contributed by atoms with Gasteiger partial charge in [0.25, 0.3) is 0 Å². The smallest absolute Gasteiger partial charge is 0.224 e. The zero-order valence-corrected chi connectivity index (χ0v) is 15.7. The first kappa shape index (κ1) is 19.0. The van der Waals surface area contributed by atoms with Gasteiger partial charge in [0.15, 0.2) is 11.5 Å². The summed E-state index contributed by atoms with van der Waals surface area (Å²) in [6, 6.07) is 11.7. The van der Waals surface area contributed by atoms with Gasteiger partial charge in [0.1, 0.15) is 0 Å². The Labute approximate surface area is 152 Å². The number of benzene rings is 2. The predicted octanol–water partition coefficient (Wildman–Crippen LogP) is 3.29. The average Bonchev–Trinajstić information content (AvgIpc) is 2.65. The fraction of sp³-hybridized carbons (Fsp3) is 0.316. The lowest BCUT2D eigenvalue weighted by Crippen LogP contribution is -2.24. The maximum Gasteiger partial charge on any atom is 0.224 e. The molecule has 0 radical (unpaired) electrons. The number of nitrogens with one attached hydrogen (secondary N) is 1. The lowest BCUT2D eigenvalue weighted by molar-refractivity contribution is -0.120. The molecule has 5 nitrogen and oxygen atoms in total. The molecule has 0 aliphatic carbocycles. The van der Waals surface area contributed by atoms with E-state index < -0.39 is 0 Å². The molecule has 0 aliphatic rings. The van der Waals surface area contributed by atoms with Crippen LogP contribution in [0.25, 0.3) is 0 Å². The molecular formula is C19H23NO4S. The lowest BCUT2D eigenvalue weighted by Gasteiger charge is -2.14. The second kappa shape index (κ2) is 9.22. The van der Waals surface area contributed by atoms with Crippen molar-refractivity contribution in [2.24, 2.45) is 0 Å². The normalized spacial score (nSPS) is 10.2. The molecule has 2 rings (SSSR count). The van der Waals surface area contributed by atoms with Crippen LogP contribution in [0.2, 0.25) is 0 Å². The molecule has 0 aliphatic heterocycles. The van der Waals surface area contributed by atoms with Gasteiger partial charge in [0.05, 0.1) is 27.8 Å². The molecule has 1 N–H and O–H groups in total. The van der Waals surface area contributed by atoms with Gasteiger partial charge < -0.3 is 19.5 Å². The quantitative estimate of drug-likeness (QED) is 0.731. The van der Waals surface area contributed by atoms with Gasteiger partial charge in [0.2, 0.25) is 11.7 Å². The Morgan fingerprint density at radius 1 is 0.960 bits per heavy atom. The van der Waals surface area contributed by atoms with E-state index in [9.17, 15) is 4.79 Å². The molecule has 0 bridgehead atoms. The Balaban J connectivity index is 2.01. The third kappa shape index (κ3) is 5.06. The molecule has 0 fully saturated rings. The van der Waals surface area contributed by atoms with E-state index in [0.29, 0.717) is 23.8 Å². The molecular weight excluding hydrogens is 338 g/mol. The monoisotopic (exact) mass is 361 g/mol. The summed E-state index contributed by atoms with van der Waals surface area (Å²) < 4.78 is 15.9. The van der Waals surface area contributed by atoms with Crippen LogP contribution in [-0.4, -0.2) is 33.5 Å². The van der Waals surface area contributed by atoms with Gasteiger partial charge in [-0.1, -0.05) is 12.1 Å². The molecule has 0 heterocycles. The summed E-state index contributed by atoms with van der Waals surface area (Å²) in [6.45, 7) is 0.498. The Morgan fingerprint density at radius 2 is 1.56 bits per heavy atom. The Morgan fingerprint density at radius 3 is 2.04 bits per heavy atom. The molecule has 0 saturated heterocycles. The van der Waals surface area contributed by atoms with Crippen molar-refractivity contribution in [3.05, 3.63) is 47.5 Å². The molecule has 6 heteroatoms. The van der Waals surface area contributed by atoms with Gasteiger partial charge in [0, 0.05) is 11.4 Å². The summed E-state index contributed by atoms with van der Waals surface area (Å²) in [6.07, 6.45) is 2.27. The fourth-order valence-electron chi connectivity index (χ4n) is 2.43.